The number of carbonyl (C=O) groups excluding carboxylic acids is 1. The van der Waals surface area contributed by atoms with E-state index in [1.165, 1.54) is 12.1 Å². The number of hydrogen-bond donors (Lipinski definition) is 1. The van der Waals surface area contributed by atoms with Crippen molar-refractivity contribution in [2.45, 2.75) is 17.7 Å². The Labute approximate surface area is 192 Å². The highest BCUT2D eigenvalue weighted by molar-refractivity contribution is 7.92. The molecule has 1 amide bonds. The van der Waals surface area contributed by atoms with Gasteiger partial charge in [0.15, 0.2) is 0 Å². The summed E-state index contributed by atoms with van der Waals surface area (Å²) in [7, 11) is -3.92. The minimum Gasteiger partial charge on any atom is -0.355 e. The van der Waals surface area contributed by atoms with E-state index in [1.807, 2.05) is 24.3 Å². The standard InChI is InChI=1S/C23H22Cl2N2O3S/c24-19-10-8-18(9-11-19)5-4-16-26-23(28)17-27(21-14-12-20(25)13-15-21)31(29,30)22-6-2-1-3-7-22/h1-3,6-15H,4-5,16-17H2,(H,26,28). The molecule has 0 heterocycles. The van der Waals surface area contributed by atoms with Crippen LogP contribution in [-0.4, -0.2) is 27.4 Å². The van der Waals surface area contributed by atoms with Crippen LogP contribution in [0.5, 0.6) is 0 Å². The topological polar surface area (TPSA) is 66.5 Å². The fourth-order valence-electron chi connectivity index (χ4n) is 3.00. The molecule has 0 aromatic heterocycles. The average Bonchev–Trinajstić information content (AvgIpc) is 2.77. The molecule has 0 atom stereocenters. The summed E-state index contributed by atoms with van der Waals surface area (Å²) in [5, 5.41) is 3.96. The van der Waals surface area contributed by atoms with Gasteiger partial charge in [0.05, 0.1) is 10.6 Å². The minimum absolute atomic E-state index is 0.112. The summed E-state index contributed by atoms with van der Waals surface area (Å²) < 4.78 is 27.5. The Balaban J connectivity index is 1.67. The second-order valence-corrected chi connectivity index (χ2v) is 9.62. The lowest BCUT2D eigenvalue weighted by Crippen LogP contribution is -2.41. The van der Waals surface area contributed by atoms with Crippen molar-refractivity contribution >= 4 is 44.8 Å². The maximum atomic E-state index is 13.2. The van der Waals surface area contributed by atoms with E-state index in [4.69, 9.17) is 23.2 Å². The maximum absolute atomic E-state index is 13.2. The number of benzene rings is 3. The molecule has 5 nitrogen and oxygen atoms in total. The predicted octanol–water partition coefficient (Wildman–Crippen LogP) is 4.94. The Morgan fingerprint density at radius 3 is 2.03 bits per heavy atom. The van der Waals surface area contributed by atoms with E-state index in [1.54, 1.807) is 42.5 Å². The van der Waals surface area contributed by atoms with Gasteiger partial charge in [-0.25, -0.2) is 8.42 Å². The van der Waals surface area contributed by atoms with Gasteiger partial charge in [-0.3, -0.25) is 9.10 Å². The highest BCUT2D eigenvalue weighted by Crippen LogP contribution is 2.25. The first-order valence-corrected chi connectivity index (χ1v) is 11.9. The Morgan fingerprint density at radius 1 is 0.839 bits per heavy atom. The van der Waals surface area contributed by atoms with Crippen molar-refractivity contribution in [2.75, 3.05) is 17.4 Å². The summed E-state index contributed by atoms with van der Waals surface area (Å²) in [4.78, 5) is 12.7. The molecule has 31 heavy (non-hydrogen) atoms. The SMILES string of the molecule is O=C(CN(c1ccc(Cl)cc1)S(=O)(=O)c1ccccc1)NCCCc1ccc(Cl)cc1. The van der Waals surface area contributed by atoms with Crippen LogP contribution in [0.1, 0.15) is 12.0 Å². The second-order valence-electron chi connectivity index (χ2n) is 6.88. The van der Waals surface area contributed by atoms with Crippen molar-refractivity contribution in [1.29, 1.82) is 0 Å². The van der Waals surface area contributed by atoms with E-state index in [9.17, 15) is 13.2 Å². The van der Waals surface area contributed by atoms with Gasteiger partial charge in [-0.05, 0) is 66.9 Å². The van der Waals surface area contributed by atoms with Crippen molar-refractivity contribution in [3.05, 3.63) is 94.5 Å². The first-order valence-electron chi connectivity index (χ1n) is 9.71. The van der Waals surface area contributed by atoms with E-state index >= 15 is 0 Å². The quantitative estimate of drug-likeness (QED) is 0.444. The molecule has 0 saturated carbocycles. The summed E-state index contributed by atoms with van der Waals surface area (Å²) in [5.41, 5.74) is 1.48. The number of halogens is 2. The number of nitrogens with one attached hydrogen (secondary N) is 1. The van der Waals surface area contributed by atoms with Crippen molar-refractivity contribution in [3.63, 3.8) is 0 Å². The molecule has 0 radical (unpaired) electrons. The van der Waals surface area contributed by atoms with Gasteiger partial charge in [0.1, 0.15) is 6.54 Å². The van der Waals surface area contributed by atoms with Crippen LogP contribution in [-0.2, 0) is 21.2 Å². The molecule has 0 aliphatic rings. The van der Waals surface area contributed by atoms with E-state index in [-0.39, 0.29) is 17.3 Å². The summed E-state index contributed by atoms with van der Waals surface area (Å²) in [5.74, 6) is -0.384. The maximum Gasteiger partial charge on any atom is 0.264 e. The molecule has 162 valence electrons. The van der Waals surface area contributed by atoms with Gasteiger partial charge in [0.25, 0.3) is 10.0 Å². The van der Waals surface area contributed by atoms with Crippen molar-refractivity contribution in [1.82, 2.24) is 5.32 Å². The van der Waals surface area contributed by atoms with E-state index in [2.05, 4.69) is 5.32 Å². The van der Waals surface area contributed by atoms with Crippen LogP contribution in [0.25, 0.3) is 0 Å². The number of hydrogen-bond acceptors (Lipinski definition) is 3. The zero-order chi connectivity index (χ0) is 22.3. The zero-order valence-corrected chi connectivity index (χ0v) is 19.0. The summed E-state index contributed by atoms with van der Waals surface area (Å²) in [6.45, 7) is 0.0983. The number of sulfonamides is 1. The molecule has 0 aliphatic heterocycles. The lowest BCUT2D eigenvalue weighted by atomic mass is 10.1. The van der Waals surface area contributed by atoms with Crippen molar-refractivity contribution < 1.29 is 13.2 Å². The summed E-state index contributed by atoms with van der Waals surface area (Å²) in [6.07, 6.45) is 1.50. The van der Waals surface area contributed by atoms with Crippen LogP contribution in [0.3, 0.4) is 0 Å². The molecule has 0 bridgehead atoms. The molecular weight excluding hydrogens is 455 g/mol. The molecule has 0 unspecified atom stereocenters. The smallest absolute Gasteiger partial charge is 0.264 e. The van der Waals surface area contributed by atoms with Gasteiger partial charge in [0, 0.05) is 16.6 Å². The van der Waals surface area contributed by atoms with E-state index < -0.39 is 10.0 Å². The van der Waals surface area contributed by atoms with Gasteiger partial charge in [0.2, 0.25) is 5.91 Å². The third-order valence-corrected chi connectivity index (χ3v) is 6.90. The average molecular weight is 477 g/mol. The molecule has 0 saturated heterocycles. The van der Waals surface area contributed by atoms with E-state index in [0.717, 1.165) is 22.7 Å². The molecule has 0 spiro atoms. The van der Waals surface area contributed by atoms with Gasteiger partial charge < -0.3 is 5.32 Å². The Bertz CT molecular complexity index is 1100. The van der Waals surface area contributed by atoms with Gasteiger partial charge in [-0.1, -0.05) is 53.5 Å². The lowest BCUT2D eigenvalue weighted by Gasteiger charge is -2.24. The van der Waals surface area contributed by atoms with Crippen molar-refractivity contribution in [3.8, 4) is 0 Å². The first-order chi connectivity index (χ1) is 14.9. The number of rotatable bonds is 9. The molecule has 0 aliphatic carbocycles. The number of aryl methyl sites for hydroxylation is 1. The minimum atomic E-state index is -3.92. The molecular formula is C23H22Cl2N2O3S. The highest BCUT2D eigenvalue weighted by atomic mass is 35.5. The predicted molar refractivity (Wildman–Crippen MR) is 125 cm³/mol. The second kappa shape index (κ2) is 10.7. The van der Waals surface area contributed by atoms with Crippen LogP contribution in [0.2, 0.25) is 10.0 Å². The fraction of sp³-hybridized carbons (Fsp3) is 0.174. The van der Waals surface area contributed by atoms with Crippen LogP contribution < -0.4 is 9.62 Å². The molecule has 3 rings (SSSR count). The molecule has 8 heteroatoms. The van der Waals surface area contributed by atoms with Crippen molar-refractivity contribution in [2.24, 2.45) is 0 Å². The third-order valence-electron chi connectivity index (χ3n) is 4.61. The van der Waals surface area contributed by atoms with Crippen LogP contribution in [0.4, 0.5) is 5.69 Å². The third kappa shape index (κ3) is 6.47. The Morgan fingerprint density at radius 2 is 1.42 bits per heavy atom. The largest absolute Gasteiger partial charge is 0.355 e. The number of amides is 1. The fourth-order valence-corrected chi connectivity index (χ4v) is 4.69. The lowest BCUT2D eigenvalue weighted by molar-refractivity contribution is -0.119. The van der Waals surface area contributed by atoms with Gasteiger partial charge in [-0.2, -0.15) is 0 Å². The monoisotopic (exact) mass is 476 g/mol. The molecule has 3 aromatic rings. The molecule has 1 N–H and O–H groups in total. The number of carbonyl (C=O) groups is 1. The first kappa shape index (κ1) is 23.1. The summed E-state index contributed by atoms with van der Waals surface area (Å²) in [6, 6.07) is 21.9. The van der Waals surface area contributed by atoms with Crippen LogP contribution in [0, 0.1) is 0 Å². The summed E-state index contributed by atoms with van der Waals surface area (Å²) >= 11 is 11.8. The van der Waals surface area contributed by atoms with Crippen LogP contribution >= 0.6 is 23.2 Å². The van der Waals surface area contributed by atoms with Gasteiger partial charge in [-0.15, -0.1) is 0 Å². The van der Waals surface area contributed by atoms with Gasteiger partial charge >= 0.3 is 0 Å². The Kier molecular flexibility index (Phi) is 7.96. The highest BCUT2D eigenvalue weighted by Gasteiger charge is 2.26. The zero-order valence-electron chi connectivity index (χ0n) is 16.7. The number of nitrogens with zero attached hydrogens (tertiary/aromatic N) is 1. The van der Waals surface area contributed by atoms with E-state index in [0.29, 0.717) is 22.3 Å². The van der Waals surface area contributed by atoms with Crippen LogP contribution in [0.15, 0.2) is 83.8 Å². The normalized spacial score (nSPS) is 11.2. The molecule has 3 aromatic carbocycles. The molecule has 0 fully saturated rings. The Hall–Kier alpha value is -2.54. The number of anilines is 1.